The van der Waals surface area contributed by atoms with E-state index in [2.05, 4.69) is 20.3 Å². The molecule has 1 aliphatic carbocycles. The Balaban J connectivity index is 0.00000441. The van der Waals surface area contributed by atoms with E-state index >= 15 is 0 Å². The number of carbonyl (C=O) groups is 2. The molecule has 40 heavy (non-hydrogen) atoms. The van der Waals surface area contributed by atoms with Gasteiger partial charge in [0.25, 0.3) is 0 Å². The van der Waals surface area contributed by atoms with Gasteiger partial charge in [0, 0.05) is 38.8 Å². The molecule has 0 atom stereocenters. The van der Waals surface area contributed by atoms with E-state index in [0.29, 0.717) is 55.6 Å². The summed E-state index contributed by atoms with van der Waals surface area (Å²) in [4.78, 5) is 27.5. The molecule has 11 heteroatoms. The van der Waals surface area contributed by atoms with Gasteiger partial charge < -0.3 is 15.4 Å². The Morgan fingerprint density at radius 3 is 2.08 bits per heavy atom. The molecule has 9 nitrogen and oxygen atoms in total. The van der Waals surface area contributed by atoms with Crippen LogP contribution in [0.4, 0.5) is 5.69 Å². The molecule has 0 radical (unpaired) electrons. The lowest BCUT2D eigenvalue weighted by atomic mass is 9.85. The average molecular weight is 593 g/mol. The molecule has 0 aromatic heterocycles. The van der Waals surface area contributed by atoms with Gasteiger partial charge in [0.2, 0.25) is 21.8 Å². The van der Waals surface area contributed by atoms with Crippen LogP contribution in [0, 0.1) is 5.92 Å². The van der Waals surface area contributed by atoms with Gasteiger partial charge >= 0.3 is 0 Å². The Kier molecular flexibility index (Phi) is 11.2. The number of anilines is 1. The van der Waals surface area contributed by atoms with E-state index in [1.165, 1.54) is 39.0 Å². The minimum atomic E-state index is -3.32. The predicted molar refractivity (Wildman–Crippen MR) is 159 cm³/mol. The zero-order chi connectivity index (χ0) is 27.9. The first-order chi connectivity index (χ1) is 18.6. The van der Waals surface area contributed by atoms with Crippen LogP contribution in [0.15, 0.2) is 48.5 Å². The van der Waals surface area contributed by atoms with Gasteiger partial charge in [0.15, 0.2) is 0 Å². The highest BCUT2D eigenvalue weighted by molar-refractivity contribution is 7.92. The topological polar surface area (TPSA) is 117 Å². The molecule has 2 aromatic carbocycles. The number of halogens is 1. The van der Waals surface area contributed by atoms with Crippen molar-refractivity contribution in [1.29, 1.82) is 0 Å². The molecule has 4 rings (SSSR count). The van der Waals surface area contributed by atoms with Crippen LogP contribution in [-0.4, -0.2) is 56.6 Å². The van der Waals surface area contributed by atoms with E-state index in [-0.39, 0.29) is 24.2 Å². The first-order valence-corrected chi connectivity index (χ1v) is 15.6. The Morgan fingerprint density at radius 2 is 1.52 bits per heavy atom. The van der Waals surface area contributed by atoms with Gasteiger partial charge in [-0.1, -0.05) is 31.4 Å². The first-order valence-electron chi connectivity index (χ1n) is 13.7. The molecule has 2 amide bonds. The monoisotopic (exact) mass is 592 g/mol. The van der Waals surface area contributed by atoms with Crippen LogP contribution in [-0.2, 0) is 26.2 Å². The molecule has 1 saturated heterocycles. The summed E-state index contributed by atoms with van der Waals surface area (Å²) < 4.78 is 31.0. The van der Waals surface area contributed by atoms with E-state index in [0.717, 1.165) is 18.4 Å². The van der Waals surface area contributed by atoms with Crippen molar-refractivity contribution in [2.75, 3.05) is 30.6 Å². The number of hydrogen-bond acceptors (Lipinski definition) is 6. The van der Waals surface area contributed by atoms with Crippen LogP contribution in [0.5, 0.6) is 11.5 Å². The molecule has 2 aromatic rings. The van der Waals surface area contributed by atoms with Gasteiger partial charge in [-0.2, -0.15) is 0 Å². The van der Waals surface area contributed by atoms with Gasteiger partial charge in [-0.25, -0.2) is 8.42 Å². The minimum absolute atomic E-state index is 0. The minimum Gasteiger partial charge on any atom is -0.457 e. The first kappa shape index (κ1) is 31.7. The number of nitrogens with zero attached hydrogens (tertiary/aromatic N) is 1. The van der Waals surface area contributed by atoms with Crippen molar-refractivity contribution in [1.82, 2.24) is 15.5 Å². The molecule has 220 valence electrons. The SMILES string of the molecule is CC(=O)NC1(C(=O)NCC2CCCCC2)CCN(Cc2ccc(Oc3ccc(NS(C)(=O)=O)cc3)cc2)CC1.Cl. The van der Waals surface area contributed by atoms with Crippen molar-refractivity contribution in [3.8, 4) is 11.5 Å². The second-order valence-electron chi connectivity index (χ2n) is 10.9. The van der Waals surface area contributed by atoms with Crippen LogP contribution < -0.4 is 20.1 Å². The van der Waals surface area contributed by atoms with Crippen LogP contribution in [0.2, 0.25) is 0 Å². The maximum Gasteiger partial charge on any atom is 0.245 e. The van der Waals surface area contributed by atoms with Crippen molar-refractivity contribution >= 4 is 39.9 Å². The third kappa shape index (κ3) is 9.38. The molecule has 0 unspecified atom stereocenters. The quantitative estimate of drug-likeness (QED) is 0.376. The zero-order valence-electron chi connectivity index (χ0n) is 23.3. The Morgan fingerprint density at radius 1 is 0.950 bits per heavy atom. The zero-order valence-corrected chi connectivity index (χ0v) is 24.9. The number of amides is 2. The second kappa shape index (κ2) is 14.2. The molecule has 1 aliphatic heterocycles. The maximum absolute atomic E-state index is 13.2. The lowest BCUT2D eigenvalue weighted by Gasteiger charge is -2.41. The van der Waals surface area contributed by atoms with Crippen molar-refractivity contribution in [3.05, 3.63) is 54.1 Å². The second-order valence-corrected chi connectivity index (χ2v) is 12.6. The molecular weight excluding hydrogens is 552 g/mol. The van der Waals surface area contributed by atoms with Crippen LogP contribution in [0.25, 0.3) is 0 Å². The molecule has 0 bridgehead atoms. The summed E-state index contributed by atoms with van der Waals surface area (Å²) in [6, 6.07) is 14.6. The smallest absolute Gasteiger partial charge is 0.245 e. The van der Waals surface area contributed by atoms with Crippen LogP contribution in [0.1, 0.15) is 57.4 Å². The fourth-order valence-electron chi connectivity index (χ4n) is 5.50. The van der Waals surface area contributed by atoms with E-state index in [1.807, 2.05) is 24.3 Å². The van der Waals surface area contributed by atoms with Crippen molar-refractivity contribution in [2.45, 2.75) is 64.0 Å². The molecule has 2 fully saturated rings. The molecule has 2 aliphatic rings. The largest absolute Gasteiger partial charge is 0.457 e. The number of carbonyl (C=O) groups excluding carboxylic acids is 2. The van der Waals surface area contributed by atoms with Gasteiger partial charge in [-0.15, -0.1) is 12.4 Å². The number of nitrogens with one attached hydrogen (secondary N) is 3. The number of sulfonamides is 1. The average Bonchev–Trinajstić information content (AvgIpc) is 2.90. The normalized spacial score (nSPS) is 17.8. The predicted octanol–water partition coefficient (Wildman–Crippen LogP) is 4.44. The number of piperidine rings is 1. The number of ether oxygens (including phenoxy) is 1. The van der Waals surface area contributed by atoms with Crippen LogP contribution in [0.3, 0.4) is 0 Å². The lowest BCUT2D eigenvalue weighted by Crippen LogP contribution is -2.63. The standard InChI is InChI=1S/C29H40N4O5S.ClH/c1-22(34)31-29(28(35)30-20-23-6-4-3-5-7-23)16-18-33(19-17-29)21-24-8-12-26(13-9-24)38-27-14-10-25(11-15-27)32-39(2,36)37;/h8-15,23,32H,3-7,16-21H2,1-2H3,(H,30,35)(H,31,34);1H. The fourth-order valence-corrected chi connectivity index (χ4v) is 6.06. The van der Waals surface area contributed by atoms with Crippen molar-refractivity contribution in [2.24, 2.45) is 5.92 Å². The molecule has 0 spiro atoms. The Bertz CT molecular complexity index is 1220. The van der Waals surface area contributed by atoms with E-state index in [4.69, 9.17) is 4.74 Å². The number of likely N-dealkylation sites (tertiary alicyclic amines) is 1. The van der Waals surface area contributed by atoms with Crippen molar-refractivity contribution in [3.63, 3.8) is 0 Å². The lowest BCUT2D eigenvalue weighted by molar-refractivity contribution is -0.135. The van der Waals surface area contributed by atoms with Crippen LogP contribution >= 0.6 is 12.4 Å². The number of rotatable bonds is 10. The summed E-state index contributed by atoms with van der Waals surface area (Å²) in [6.45, 7) is 4.34. The van der Waals surface area contributed by atoms with Gasteiger partial charge in [-0.3, -0.25) is 19.2 Å². The Labute approximate surface area is 243 Å². The number of benzene rings is 2. The van der Waals surface area contributed by atoms with E-state index in [9.17, 15) is 18.0 Å². The van der Waals surface area contributed by atoms with Gasteiger partial charge in [-0.05, 0) is 73.6 Å². The highest BCUT2D eigenvalue weighted by Gasteiger charge is 2.42. The third-order valence-corrected chi connectivity index (χ3v) is 8.16. The van der Waals surface area contributed by atoms with E-state index < -0.39 is 15.6 Å². The Hall–Kier alpha value is -2.82. The van der Waals surface area contributed by atoms with Crippen molar-refractivity contribution < 1.29 is 22.7 Å². The molecule has 1 saturated carbocycles. The molecule has 1 heterocycles. The molecular formula is C29H41ClN4O5S. The molecule has 3 N–H and O–H groups in total. The van der Waals surface area contributed by atoms with Gasteiger partial charge in [0.1, 0.15) is 17.0 Å². The summed E-state index contributed by atoms with van der Waals surface area (Å²) in [5, 5.41) is 6.14. The van der Waals surface area contributed by atoms with E-state index in [1.54, 1.807) is 24.3 Å². The summed E-state index contributed by atoms with van der Waals surface area (Å²) >= 11 is 0. The summed E-state index contributed by atoms with van der Waals surface area (Å²) in [6.07, 6.45) is 8.35. The van der Waals surface area contributed by atoms with Gasteiger partial charge in [0.05, 0.1) is 6.26 Å². The highest BCUT2D eigenvalue weighted by Crippen LogP contribution is 2.28. The maximum atomic E-state index is 13.2. The highest BCUT2D eigenvalue weighted by atomic mass is 35.5. The number of hydrogen-bond donors (Lipinski definition) is 3. The fraction of sp³-hybridized carbons (Fsp3) is 0.517. The summed E-state index contributed by atoms with van der Waals surface area (Å²) in [7, 11) is -3.32. The summed E-state index contributed by atoms with van der Waals surface area (Å²) in [5.74, 6) is 1.60. The third-order valence-electron chi connectivity index (χ3n) is 7.56. The summed E-state index contributed by atoms with van der Waals surface area (Å²) in [5.41, 5.74) is 0.760.